The van der Waals surface area contributed by atoms with Gasteiger partial charge in [-0.05, 0) is 68.1 Å². The quantitative estimate of drug-likeness (QED) is 0.160. The van der Waals surface area contributed by atoms with Crippen molar-refractivity contribution in [2.45, 2.75) is 48.0 Å². The lowest BCUT2D eigenvalue weighted by atomic mass is 9.90. The fraction of sp³-hybridized carbons (Fsp3) is 0.320. The number of sulfonamides is 1. The summed E-state index contributed by atoms with van der Waals surface area (Å²) in [7, 11) is -4.15. The summed E-state index contributed by atoms with van der Waals surface area (Å²) < 4.78 is 35.6. The first-order valence-corrected chi connectivity index (χ1v) is 13.8. The van der Waals surface area contributed by atoms with Crippen LogP contribution >= 0.6 is 22.9 Å². The summed E-state index contributed by atoms with van der Waals surface area (Å²) in [5.41, 5.74) is 6.95. The Morgan fingerprint density at radius 1 is 1.14 bits per heavy atom. The minimum Gasteiger partial charge on any atom is -0.459 e. The SMILES string of the molecule is CC(C)(C)OC(=O)C1(NS(=O)(=O)c2ccc(-c3ccc(Cl)cc3)s2)CC1(CN=[N+]=[N-])c1ccccc1. The molecule has 0 amide bonds. The van der Waals surface area contributed by atoms with Crippen molar-refractivity contribution in [1.82, 2.24) is 4.72 Å². The zero-order chi connectivity index (χ0) is 26.2. The molecule has 3 aromatic rings. The zero-order valence-corrected chi connectivity index (χ0v) is 22.3. The van der Waals surface area contributed by atoms with Crippen LogP contribution in [0.25, 0.3) is 20.9 Å². The molecule has 0 radical (unpaired) electrons. The standard InChI is InChI=1S/C25H25ClN4O4S2/c1-23(2,3)34-22(31)25(15-24(25,16-28-30-27)18-7-5-4-6-8-18)29-36(32,33)21-14-13-20(35-21)17-9-11-19(26)12-10-17/h4-14,29H,15-16H2,1-3H3. The predicted octanol–water partition coefficient (Wildman–Crippen LogP) is 6.08. The highest BCUT2D eigenvalue weighted by atomic mass is 35.5. The maximum Gasteiger partial charge on any atom is 0.328 e. The number of thiophene rings is 1. The molecule has 1 aliphatic rings. The number of azide groups is 1. The van der Waals surface area contributed by atoms with Crippen LogP contribution in [0.5, 0.6) is 0 Å². The lowest BCUT2D eigenvalue weighted by Crippen LogP contribution is -2.51. The molecule has 1 aliphatic carbocycles. The Balaban J connectivity index is 1.75. The van der Waals surface area contributed by atoms with Crippen LogP contribution in [-0.4, -0.2) is 32.1 Å². The topological polar surface area (TPSA) is 121 Å². The number of nitrogens with one attached hydrogen (secondary N) is 1. The normalized spacial score (nSPS) is 21.4. The zero-order valence-electron chi connectivity index (χ0n) is 19.9. The maximum absolute atomic E-state index is 13.6. The van der Waals surface area contributed by atoms with Gasteiger partial charge < -0.3 is 4.74 Å². The van der Waals surface area contributed by atoms with Gasteiger partial charge in [-0.15, -0.1) is 11.3 Å². The molecule has 8 nitrogen and oxygen atoms in total. The van der Waals surface area contributed by atoms with E-state index < -0.39 is 32.5 Å². The molecule has 1 N–H and O–H groups in total. The minimum absolute atomic E-state index is 0.0491. The van der Waals surface area contributed by atoms with Gasteiger partial charge in [0.1, 0.15) is 15.3 Å². The second-order valence-corrected chi connectivity index (χ2v) is 13.1. The Labute approximate surface area is 218 Å². The second kappa shape index (κ2) is 9.53. The summed E-state index contributed by atoms with van der Waals surface area (Å²) in [6.07, 6.45) is 0.0899. The molecular weight excluding hydrogens is 520 g/mol. The number of halogens is 1. The highest BCUT2D eigenvalue weighted by molar-refractivity contribution is 7.91. The number of esters is 1. The van der Waals surface area contributed by atoms with Crippen molar-refractivity contribution in [1.29, 1.82) is 0 Å². The third-order valence-corrected chi connectivity index (χ3v) is 9.39. The monoisotopic (exact) mass is 544 g/mol. The van der Waals surface area contributed by atoms with Gasteiger partial charge in [0, 0.05) is 26.8 Å². The van der Waals surface area contributed by atoms with E-state index in [0.29, 0.717) is 10.6 Å². The number of benzene rings is 2. The van der Waals surface area contributed by atoms with Gasteiger partial charge >= 0.3 is 5.97 Å². The van der Waals surface area contributed by atoms with Crippen LogP contribution in [0.3, 0.4) is 0 Å². The number of hydrogen-bond donors (Lipinski definition) is 1. The fourth-order valence-corrected chi connectivity index (χ4v) is 7.13. The molecule has 36 heavy (non-hydrogen) atoms. The number of hydrogen-bond acceptors (Lipinski definition) is 6. The van der Waals surface area contributed by atoms with Gasteiger partial charge in [0.25, 0.3) is 10.0 Å². The van der Waals surface area contributed by atoms with Gasteiger partial charge in [-0.3, -0.25) is 0 Å². The van der Waals surface area contributed by atoms with Gasteiger partial charge in [-0.2, -0.15) is 4.72 Å². The van der Waals surface area contributed by atoms with Gasteiger partial charge in [-0.25, -0.2) is 13.2 Å². The molecule has 0 bridgehead atoms. The lowest BCUT2D eigenvalue weighted by Gasteiger charge is -2.28. The molecule has 1 saturated carbocycles. The van der Waals surface area contributed by atoms with Crippen LogP contribution in [0.15, 0.2) is 76.1 Å². The van der Waals surface area contributed by atoms with E-state index in [1.807, 2.05) is 6.07 Å². The Kier molecular flexibility index (Phi) is 6.94. The smallest absolute Gasteiger partial charge is 0.328 e. The van der Waals surface area contributed by atoms with Crippen molar-refractivity contribution in [2.24, 2.45) is 5.11 Å². The summed E-state index contributed by atoms with van der Waals surface area (Å²) in [6.45, 7) is 5.02. The van der Waals surface area contributed by atoms with Gasteiger partial charge in [0.05, 0.1) is 0 Å². The van der Waals surface area contributed by atoms with Crippen LogP contribution < -0.4 is 4.72 Å². The van der Waals surface area contributed by atoms with E-state index >= 15 is 0 Å². The molecule has 188 valence electrons. The highest BCUT2D eigenvalue weighted by Gasteiger charge is 2.75. The highest BCUT2D eigenvalue weighted by Crippen LogP contribution is 2.59. The molecule has 1 fully saturated rings. The average Bonchev–Trinajstić information content (AvgIpc) is 3.19. The van der Waals surface area contributed by atoms with Gasteiger partial charge in [-0.1, -0.05) is 59.2 Å². The summed E-state index contributed by atoms with van der Waals surface area (Å²) in [5.74, 6) is -0.718. The first-order chi connectivity index (χ1) is 16.9. The van der Waals surface area contributed by atoms with E-state index in [2.05, 4.69) is 14.7 Å². The fourth-order valence-electron chi connectivity index (χ4n) is 4.27. The Morgan fingerprint density at radius 3 is 2.42 bits per heavy atom. The van der Waals surface area contributed by atoms with Crippen molar-refractivity contribution in [3.8, 4) is 10.4 Å². The van der Waals surface area contributed by atoms with Crippen molar-refractivity contribution in [3.05, 3.63) is 87.8 Å². The van der Waals surface area contributed by atoms with Crippen molar-refractivity contribution < 1.29 is 17.9 Å². The summed E-state index contributed by atoms with van der Waals surface area (Å²) in [6, 6.07) is 19.3. The molecule has 2 atom stereocenters. The minimum atomic E-state index is -4.15. The summed E-state index contributed by atoms with van der Waals surface area (Å²) >= 11 is 7.05. The number of rotatable bonds is 8. The molecule has 2 unspecified atom stereocenters. The molecule has 2 aromatic carbocycles. The van der Waals surface area contributed by atoms with E-state index in [1.54, 1.807) is 75.4 Å². The average molecular weight is 545 g/mol. The molecule has 1 aromatic heterocycles. The first kappa shape index (κ1) is 26.2. The maximum atomic E-state index is 13.6. The van der Waals surface area contributed by atoms with E-state index in [9.17, 15) is 13.2 Å². The van der Waals surface area contributed by atoms with E-state index in [1.165, 1.54) is 6.07 Å². The van der Waals surface area contributed by atoms with Gasteiger partial charge in [0.2, 0.25) is 0 Å². The van der Waals surface area contributed by atoms with Gasteiger partial charge in [0.15, 0.2) is 0 Å². The molecule has 0 saturated heterocycles. The molecule has 1 heterocycles. The van der Waals surface area contributed by atoms with E-state index in [0.717, 1.165) is 21.8 Å². The second-order valence-electron chi connectivity index (χ2n) is 9.65. The van der Waals surface area contributed by atoms with Crippen LogP contribution in [0.2, 0.25) is 5.02 Å². The molecule has 11 heteroatoms. The van der Waals surface area contributed by atoms with Crippen molar-refractivity contribution in [2.75, 3.05) is 6.54 Å². The molecular formula is C25H25ClN4O4S2. The van der Waals surface area contributed by atoms with E-state index in [4.69, 9.17) is 21.9 Å². The van der Waals surface area contributed by atoms with Crippen LogP contribution in [0.4, 0.5) is 0 Å². The Bertz CT molecular complexity index is 1430. The third-order valence-electron chi connectivity index (χ3n) is 6.02. The third kappa shape index (κ3) is 5.00. The molecule has 0 aliphatic heterocycles. The van der Waals surface area contributed by atoms with Crippen molar-refractivity contribution >= 4 is 38.9 Å². The number of carbonyl (C=O) groups excluding carboxylic acids is 1. The van der Waals surface area contributed by atoms with E-state index in [-0.39, 0.29) is 17.2 Å². The number of ether oxygens (including phenoxy) is 1. The van der Waals surface area contributed by atoms with Crippen LogP contribution in [-0.2, 0) is 25.0 Å². The predicted molar refractivity (Wildman–Crippen MR) is 140 cm³/mol. The summed E-state index contributed by atoms with van der Waals surface area (Å²) in [4.78, 5) is 17.2. The Hall–Kier alpha value is -2.88. The molecule has 4 rings (SSSR count). The number of nitrogens with zero attached hydrogens (tertiary/aromatic N) is 3. The first-order valence-electron chi connectivity index (χ1n) is 11.1. The Morgan fingerprint density at radius 2 is 1.81 bits per heavy atom. The lowest BCUT2D eigenvalue weighted by molar-refractivity contribution is -0.159. The van der Waals surface area contributed by atoms with Crippen LogP contribution in [0.1, 0.15) is 32.8 Å². The van der Waals surface area contributed by atoms with Crippen molar-refractivity contribution in [3.63, 3.8) is 0 Å². The summed E-state index contributed by atoms with van der Waals surface area (Å²) in [5, 5.41) is 4.32. The largest absolute Gasteiger partial charge is 0.459 e. The molecule has 0 spiro atoms. The number of carbonyl (C=O) groups is 1. The van der Waals surface area contributed by atoms with Crippen LogP contribution in [0, 0.1) is 0 Å².